The Kier molecular flexibility index (Phi) is 2.49. The van der Waals surface area contributed by atoms with Gasteiger partial charge in [0.2, 0.25) is 0 Å². The van der Waals surface area contributed by atoms with Gasteiger partial charge in [0.25, 0.3) is 0 Å². The lowest BCUT2D eigenvalue weighted by molar-refractivity contribution is -1.20. The SMILES string of the molecule is CCC12C[NH+]3CC(C)(C[NH+](C1)C31C(=O)Nc3ccc(C)cc31)C2=O. The van der Waals surface area contributed by atoms with E-state index in [2.05, 4.69) is 38.2 Å². The standard InChI is InChI=1S/C19H23N3O2/c1-4-18-10-21-8-17(3,15(18)23)9-22(11-18)19(21)13-7-12(2)5-6-14(13)20-16(19)24/h5-7H,4,8-11H2,1-3H3,(H,20,24)/p+2. The van der Waals surface area contributed by atoms with Gasteiger partial charge in [-0.05, 0) is 32.4 Å². The molecule has 0 aromatic heterocycles. The summed E-state index contributed by atoms with van der Waals surface area (Å²) in [6.07, 6.45) is 0.882. The van der Waals surface area contributed by atoms with Crippen LogP contribution in [-0.2, 0) is 15.3 Å². The van der Waals surface area contributed by atoms with E-state index in [1.807, 2.05) is 6.07 Å². The largest absolute Gasteiger partial charge is 0.351 e. The first-order chi connectivity index (χ1) is 11.4. The Hall–Kier alpha value is -1.72. The Morgan fingerprint density at radius 3 is 2.42 bits per heavy atom. The number of aryl methyl sites for hydroxylation is 1. The maximum Gasteiger partial charge on any atom is 0.351 e. The van der Waals surface area contributed by atoms with Crippen LogP contribution < -0.4 is 15.1 Å². The summed E-state index contributed by atoms with van der Waals surface area (Å²) in [5.41, 5.74) is 2.20. The van der Waals surface area contributed by atoms with Crippen molar-refractivity contribution < 1.29 is 19.4 Å². The van der Waals surface area contributed by atoms with Gasteiger partial charge in [0, 0.05) is 0 Å². The second-order valence-corrected chi connectivity index (χ2v) is 8.69. The third kappa shape index (κ3) is 1.37. The van der Waals surface area contributed by atoms with E-state index in [-0.39, 0.29) is 16.7 Å². The number of amides is 1. The van der Waals surface area contributed by atoms with E-state index >= 15 is 0 Å². The first kappa shape index (κ1) is 14.6. The predicted molar refractivity (Wildman–Crippen MR) is 88.7 cm³/mol. The van der Waals surface area contributed by atoms with Crippen molar-refractivity contribution in [2.75, 3.05) is 31.5 Å². The zero-order valence-corrected chi connectivity index (χ0v) is 14.6. The molecule has 1 amide bonds. The lowest BCUT2D eigenvalue weighted by Crippen LogP contribution is -3.48. The number of benzene rings is 1. The maximum absolute atomic E-state index is 13.2. The number of fused-ring (bicyclic) bond motifs is 1. The van der Waals surface area contributed by atoms with Crippen LogP contribution >= 0.6 is 0 Å². The summed E-state index contributed by atoms with van der Waals surface area (Å²) in [7, 11) is 0. The van der Waals surface area contributed by atoms with E-state index in [1.165, 1.54) is 15.4 Å². The van der Waals surface area contributed by atoms with Gasteiger partial charge in [0.05, 0.1) is 5.69 Å². The molecule has 1 spiro atoms. The van der Waals surface area contributed by atoms with Gasteiger partial charge in [-0.15, -0.1) is 0 Å². The van der Waals surface area contributed by atoms with Crippen molar-refractivity contribution in [3.05, 3.63) is 29.3 Å². The monoisotopic (exact) mass is 327 g/mol. The van der Waals surface area contributed by atoms with E-state index < -0.39 is 5.66 Å². The molecule has 5 heteroatoms. The van der Waals surface area contributed by atoms with Crippen molar-refractivity contribution in [3.8, 4) is 0 Å². The Labute approximate surface area is 142 Å². The quantitative estimate of drug-likeness (QED) is 0.612. The number of piperidine rings is 2. The van der Waals surface area contributed by atoms with Crippen molar-refractivity contribution in [3.63, 3.8) is 0 Å². The number of quaternary nitrogens is 2. The lowest BCUT2D eigenvalue weighted by Gasteiger charge is -2.62. The highest BCUT2D eigenvalue weighted by molar-refractivity contribution is 6.04. The highest BCUT2D eigenvalue weighted by Gasteiger charge is 2.78. The van der Waals surface area contributed by atoms with Crippen molar-refractivity contribution in [2.24, 2.45) is 10.8 Å². The number of Topliss-reactive ketones (excluding diaryl/α,β-unsaturated/α-hetero) is 1. The third-order valence-corrected chi connectivity index (χ3v) is 7.25. The fourth-order valence-corrected chi connectivity index (χ4v) is 6.28. The summed E-state index contributed by atoms with van der Waals surface area (Å²) in [5, 5.41) is 3.13. The molecule has 1 aromatic rings. The number of rotatable bonds is 1. The summed E-state index contributed by atoms with van der Waals surface area (Å²) in [5.74, 6) is 0.567. The molecule has 1 aromatic carbocycles. The summed E-state index contributed by atoms with van der Waals surface area (Å²) >= 11 is 0. The summed E-state index contributed by atoms with van der Waals surface area (Å²) in [6.45, 7) is 9.48. The fraction of sp³-hybridized carbons (Fsp3) is 0.579. The second-order valence-electron chi connectivity index (χ2n) is 8.69. The fourth-order valence-electron chi connectivity index (χ4n) is 6.28. The molecule has 5 nitrogen and oxygen atoms in total. The highest BCUT2D eigenvalue weighted by Crippen LogP contribution is 2.42. The van der Waals surface area contributed by atoms with Crippen LogP contribution in [0, 0.1) is 17.8 Å². The van der Waals surface area contributed by atoms with Crippen LogP contribution in [0.4, 0.5) is 5.69 Å². The molecule has 0 aliphatic carbocycles. The number of anilines is 1. The number of hydrogen-bond acceptors (Lipinski definition) is 2. The molecular weight excluding hydrogens is 302 g/mol. The Bertz CT molecular complexity index is 784. The average molecular weight is 327 g/mol. The van der Waals surface area contributed by atoms with Crippen LogP contribution in [0.15, 0.2) is 18.2 Å². The molecule has 2 unspecified atom stereocenters. The van der Waals surface area contributed by atoms with Crippen molar-refractivity contribution in [1.82, 2.24) is 0 Å². The minimum Gasteiger partial charge on any atom is -0.314 e. The van der Waals surface area contributed by atoms with E-state index in [0.717, 1.165) is 43.9 Å². The van der Waals surface area contributed by atoms with Crippen molar-refractivity contribution in [1.29, 1.82) is 0 Å². The summed E-state index contributed by atoms with van der Waals surface area (Å²) < 4.78 is 0. The normalized spacial score (nSPS) is 45.0. The molecule has 0 radical (unpaired) electrons. The number of carbonyl (C=O) groups excluding carboxylic acids is 2. The van der Waals surface area contributed by atoms with Gasteiger partial charge in [0.15, 0.2) is 5.78 Å². The van der Waals surface area contributed by atoms with Gasteiger partial charge in [-0.25, -0.2) is 0 Å². The Morgan fingerprint density at radius 2 is 1.79 bits per heavy atom. The molecule has 3 N–H and O–H groups in total. The highest BCUT2D eigenvalue weighted by atomic mass is 16.2. The van der Waals surface area contributed by atoms with E-state index in [1.54, 1.807) is 0 Å². The average Bonchev–Trinajstić information content (AvgIpc) is 2.81. The number of nitrogens with one attached hydrogen (secondary N) is 3. The molecule has 24 heavy (non-hydrogen) atoms. The molecule has 4 fully saturated rings. The van der Waals surface area contributed by atoms with Gasteiger partial charge in [-0.3, -0.25) is 19.4 Å². The molecule has 5 heterocycles. The minimum absolute atomic E-state index is 0.120. The van der Waals surface area contributed by atoms with Gasteiger partial charge >= 0.3 is 11.6 Å². The zero-order chi connectivity index (χ0) is 16.9. The summed E-state index contributed by atoms with van der Waals surface area (Å²) in [4.78, 5) is 28.9. The molecular formula is C19H25N3O2+2. The smallest absolute Gasteiger partial charge is 0.314 e. The van der Waals surface area contributed by atoms with E-state index in [0.29, 0.717) is 5.78 Å². The first-order valence-electron chi connectivity index (χ1n) is 9.04. The zero-order valence-electron chi connectivity index (χ0n) is 14.6. The Balaban J connectivity index is 1.73. The maximum atomic E-state index is 13.2. The van der Waals surface area contributed by atoms with Crippen LogP contribution in [0.1, 0.15) is 31.4 Å². The molecule has 126 valence electrons. The first-order valence-corrected chi connectivity index (χ1v) is 9.04. The summed E-state index contributed by atoms with van der Waals surface area (Å²) in [6, 6.07) is 6.27. The van der Waals surface area contributed by atoms with Crippen LogP contribution in [0.3, 0.4) is 0 Å². The number of ketones is 1. The van der Waals surface area contributed by atoms with Crippen LogP contribution in [-0.4, -0.2) is 37.9 Å². The minimum atomic E-state index is -0.555. The third-order valence-electron chi connectivity index (χ3n) is 7.25. The molecule has 5 aliphatic heterocycles. The van der Waals surface area contributed by atoms with Gasteiger partial charge in [-0.2, -0.15) is 0 Å². The van der Waals surface area contributed by atoms with Gasteiger partial charge in [0.1, 0.15) is 42.6 Å². The van der Waals surface area contributed by atoms with Gasteiger partial charge in [-0.1, -0.05) is 18.6 Å². The molecule has 2 atom stereocenters. The Morgan fingerprint density at radius 1 is 1.12 bits per heavy atom. The van der Waals surface area contributed by atoms with Crippen LogP contribution in [0.5, 0.6) is 0 Å². The van der Waals surface area contributed by atoms with Crippen molar-refractivity contribution >= 4 is 17.4 Å². The van der Waals surface area contributed by atoms with Gasteiger partial charge < -0.3 is 5.32 Å². The van der Waals surface area contributed by atoms with Crippen LogP contribution in [0.25, 0.3) is 0 Å². The number of hydrogen-bond donors (Lipinski definition) is 3. The number of carbonyl (C=O) groups is 2. The topological polar surface area (TPSA) is 55.1 Å². The second kappa shape index (κ2) is 4.09. The van der Waals surface area contributed by atoms with E-state index in [9.17, 15) is 9.59 Å². The molecule has 5 aliphatic rings. The molecule has 4 bridgehead atoms. The van der Waals surface area contributed by atoms with E-state index in [4.69, 9.17) is 0 Å². The molecule has 0 saturated carbocycles. The predicted octanol–water partition coefficient (Wildman–Crippen LogP) is -1.12. The lowest BCUT2D eigenvalue weighted by atomic mass is 9.58. The van der Waals surface area contributed by atoms with Crippen LogP contribution in [0.2, 0.25) is 0 Å². The molecule has 6 rings (SSSR count). The molecule has 4 saturated heterocycles. The van der Waals surface area contributed by atoms with Crippen molar-refractivity contribution in [2.45, 2.75) is 32.9 Å².